The third-order valence-corrected chi connectivity index (χ3v) is 5.73. The van der Waals surface area contributed by atoms with Gasteiger partial charge in [0.05, 0.1) is 16.4 Å². The molecule has 2 rings (SSSR count). The fourth-order valence-corrected chi connectivity index (χ4v) is 3.22. The Hall–Kier alpha value is -3.84. The summed E-state index contributed by atoms with van der Waals surface area (Å²) in [5, 5.41) is 13.0. The van der Waals surface area contributed by atoms with Gasteiger partial charge in [-0.05, 0) is 24.3 Å². The van der Waals surface area contributed by atoms with E-state index in [1.165, 1.54) is 50.5 Å². The zero-order valence-corrected chi connectivity index (χ0v) is 17.3. The second-order valence-corrected chi connectivity index (χ2v) is 8.46. The molecule has 0 fully saturated rings. The van der Waals surface area contributed by atoms with Crippen molar-refractivity contribution in [1.82, 2.24) is 20.5 Å². The van der Waals surface area contributed by atoms with Crippen LogP contribution >= 0.6 is 0 Å². The number of hydrogen-bond donors (Lipinski definition) is 3. The predicted molar refractivity (Wildman–Crippen MR) is 108 cm³/mol. The first kappa shape index (κ1) is 23.4. The van der Waals surface area contributed by atoms with E-state index in [0.29, 0.717) is 0 Å². The van der Waals surface area contributed by atoms with E-state index >= 15 is 0 Å². The zero-order chi connectivity index (χ0) is 23.2. The van der Waals surface area contributed by atoms with Gasteiger partial charge in [0.15, 0.2) is 0 Å². The Kier molecular flexibility index (Phi) is 7.39. The average molecular weight is 449 g/mol. The van der Waals surface area contributed by atoms with Gasteiger partial charge in [-0.2, -0.15) is 0 Å². The van der Waals surface area contributed by atoms with E-state index in [1.807, 2.05) is 0 Å². The molecule has 31 heavy (non-hydrogen) atoms. The number of hydrogen-bond acceptors (Lipinski definition) is 7. The molecule has 0 spiro atoms. The fraction of sp³-hybridized carbons (Fsp3) is 0.167. The van der Waals surface area contributed by atoms with Gasteiger partial charge in [0.2, 0.25) is 10.0 Å². The number of nitro benzene ring substituents is 1. The van der Waals surface area contributed by atoms with Crippen LogP contribution in [0.5, 0.6) is 0 Å². The number of nitrogens with one attached hydrogen (secondary N) is 3. The van der Waals surface area contributed by atoms with Gasteiger partial charge < -0.3 is 5.32 Å². The molecule has 0 heterocycles. The van der Waals surface area contributed by atoms with Crippen molar-refractivity contribution in [2.24, 2.45) is 0 Å². The van der Waals surface area contributed by atoms with Gasteiger partial charge in [-0.3, -0.25) is 35.3 Å². The van der Waals surface area contributed by atoms with Crippen LogP contribution < -0.4 is 16.2 Å². The molecule has 0 atom stereocenters. The lowest BCUT2D eigenvalue weighted by molar-refractivity contribution is -0.384. The highest BCUT2D eigenvalue weighted by Crippen LogP contribution is 2.15. The number of amides is 3. The van der Waals surface area contributed by atoms with Gasteiger partial charge in [-0.1, -0.05) is 12.1 Å². The van der Waals surface area contributed by atoms with Crippen molar-refractivity contribution >= 4 is 33.4 Å². The maximum absolute atomic E-state index is 12.2. The molecule has 164 valence electrons. The van der Waals surface area contributed by atoms with Gasteiger partial charge in [0, 0.05) is 37.4 Å². The number of sulfonamides is 1. The Morgan fingerprint density at radius 3 is 2.19 bits per heavy atom. The fourth-order valence-electron chi connectivity index (χ4n) is 2.27. The average Bonchev–Trinajstić information content (AvgIpc) is 2.75. The molecule has 0 aliphatic carbocycles. The number of nitro groups is 1. The number of non-ortho nitro benzene ring substituents is 1. The van der Waals surface area contributed by atoms with E-state index in [0.717, 1.165) is 16.4 Å². The Morgan fingerprint density at radius 1 is 0.968 bits per heavy atom. The van der Waals surface area contributed by atoms with Crippen LogP contribution in [0.3, 0.4) is 0 Å². The van der Waals surface area contributed by atoms with Crippen LogP contribution in [0, 0.1) is 10.1 Å². The quantitative estimate of drug-likeness (QED) is 0.396. The van der Waals surface area contributed by atoms with Gasteiger partial charge in [-0.25, -0.2) is 12.7 Å². The minimum Gasteiger partial charge on any atom is -0.343 e. The first-order valence-electron chi connectivity index (χ1n) is 8.67. The molecule has 0 unspecified atom stereocenters. The lowest BCUT2D eigenvalue weighted by Gasteiger charge is -2.12. The molecule has 3 N–H and O–H groups in total. The van der Waals surface area contributed by atoms with Gasteiger partial charge >= 0.3 is 0 Å². The van der Waals surface area contributed by atoms with Crippen molar-refractivity contribution < 1.29 is 27.7 Å². The van der Waals surface area contributed by atoms with Gasteiger partial charge in [0.1, 0.15) is 0 Å². The summed E-state index contributed by atoms with van der Waals surface area (Å²) in [5.41, 5.74) is 3.89. The van der Waals surface area contributed by atoms with Crippen molar-refractivity contribution in [2.75, 3.05) is 20.6 Å². The molecule has 2 aromatic rings. The Morgan fingerprint density at radius 2 is 1.58 bits per heavy atom. The van der Waals surface area contributed by atoms with Crippen LogP contribution in [0.15, 0.2) is 53.4 Å². The Labute approximate surface area is 177 Å². The molecule has 0 radical (unpaired) electrons. The summed E-state index contributed by atoms with van der Waals surface area (Å²) in [5.74, 6) is -2.26. The summed E-state index contributed by atoms with van der Waals surface area (Å²) in [6, 6.07) is 10.2. The number of benzene rings is 2. The first-order chi connectivity index (χ1) is 14.5. The minimum atomic E-state index is -3.74. The van der Waals surface area contributed by atoms with Crippen LogP contribution in [0.2, 0.25) is 0 Å². The van der Waals surface area contributed by atoms with Crippen molar-refractivity contribution in [2.45, 2.75) is 4.90 Å². The van der Waals surface area contributed by atoms with Crippen LogP contribution in [-0.4, -0.2) is 56.0 Å². The van der Waals surface area contributed by atoms with E-state index in [2.05, 4.69) is 16.2 Å². The van der Waals surface area contributed by atoms with Crippen molar-refractivity contribution in [3.8, 4) is 0 Å². The van der Waals surface area contributed by atoms with E-state index in [4.69, 9.17) is 0 Å². The Balaban J connectivity index is 1.92. The number of rotatable bonds is 7. The summed E-state index contributed by atoms with van der Waals surface area (Å²) >= 11 is 0. The molecule has 12 nitrogen and oxygen atoms in total. The second kappa shape index (κ2) is 9.77. The van der Waals surface area contributed by atoms with Crippen LogP contribution in [-0.2, 0) is 14.8 Å². The second-order valence-electron chi connectivity index (χ2n) is 6.31. The molecule has 0 saturated heterocycles. The highest BCUT2D eigenvalue weighted by molar-refractivity contribution is 7.89. The third kappa shape index (κ3) is 6.07. The molecule has 3 amide bonds. The summed E-state index contributed by atoms with van der Waals surface area (Å²) < 4.78 is 25.3. The van der Waals surface area contributed by atoms with Crippen LogP contribution in [0.4, 0.5) is 5.69 Å². The first-order valence-corrected chi connectivity index (χ1v) is 10.1. The topological polar surface area (TPSA) is 168 Å². The smallest absolute Gasteiger partial charge is 0.270 e. The molecule has 13 heteroatoms. The van der Waals surface area contributed by atoms with Crippen LogP contribution in [0.1, 0.15) is 20.7 Å². The highest BCUT2D eigenvalue weighted by Gasteiger charge is 2.19. The van der Waals surface area contributed by atoms with E-state index in [-0.39, 0.29) is 21.7 Å². The van der Waals surface area contributed by atoms with E-state index < -0.39 is 39.2 Å². The lowest BCUT2D eigenvalue weighted by Crippen LogP contribution is -2.46. The third-order valence-electron chi connectivity index (χ3n) is 3.92. The SMILES string of the molecule is CN(C)S(=O)(=O)c1cccc(C(=O)NNC(=O)CNC(=O)c2cccc([N+](=O)[O-])c2)c1. The summed E-state index contributed by atoms with van der Waals surface area (Å²) in [4.78, 5) is 46.0. The van der Waals surface area contributed by atoms with Crippen molar-refractivity contribution in [1.29, 1.82) is 0 Å². The predicted octanol–water partition coefficient (Wildman–Crippen LogP) is 0.0361. The molecule has 0 aliphatic rings. The number of carbonyl (C=O) groups excluding carboxylic acids is 3. The molecular formula is C18H19N5O7S. The monoisotopic (exact) mass is 449 g/mol. The number of nitrogens with zero attached hydrogens (tertiary/aromatic N) is 2. The van der Waals surface area contributed by atoms with Crippen molar-refractivity contribution in [3.63, 3.8) is 0 Å². The van der Waals surface area contributed by atoms with Crippen molar-refractivity contribution in [3.05, 3.63) is 69.8 Å². The molecule has 0 saturated carbocycles. The van der Waals surface area contributed by atoms with E-state index in [9.17, 15) is 32.9 Å². The normalized spacial score (nSPS) is 10.9. The van der Waals surface area contributed by atoms with E-state index in [1.54, 1.807) is 0 Å². The van der Waals surface area contributed by atoms with Crippen LogP contribution in [0.25, 0.3) is 0 Å². The summed E-state index contributed by atoms with van der Waals surface area (Å²) in [7, 11) is -1.04. The Bertz CT molecular complexity index is 1130. The minimum absolute atomic E-state index is 0.00930. The van der Waals surface area contributed by atoms with Gasteiger partial charge in [-0.15, -0.1) is 0 Å². The lowest BCUT2D eigenvalue weighted by atomic mass is 10.2. The maximum atomic E-state index is 12.2. The standard InChI is InChI=1S/C18H19N5O7S/c1-22(2)31(29,30)15-8-4-6-13(10-15)18(26)21-20-16(24)11-19-17(25)12-5-3-7-14(9-12)23(27)28/h3-10H,11H2,1-2H3,(H,19,25)(H,20,24)(H,21,26). The molecule has 0 bridgehead atoms. The number of hydrazine groups is 1. The summed E-state index contributed by atoms with van der Waals surface area (Å²) in [6.45, 7) is -0.517. The number of carbonyl (C=O) groups is 3. The molecular weight excluding hydrogens is 430 g/mol. The largest absolute Gasteiger partial charge is 0.343 e. The molecule has 0 aliphatic heterocycles. The summed E-state index contributed by atoms with van der Waals surface area (Å²) in [6.07, 6.45) is 0. The maximum Gasteiger partial charge on any atom is 0.270 e. The molecule has 2 aromatic carbocycles. The highest BCUT2D eigenvalue weighted by atomic mass is 32.2. The zero-order valence-electron chi connectivity index (χ0n) is 16.5. The molecule has 0 aromatic heterocycles. The van der Waals surface area contributed by atoms with Gasteiger partial charge in [0.25, 0.3) is 23.4 Å².